The van der Waals surface area contributed by atoms with Crippen LogP contribution in [0.25, 0.3) is 21.8 Å². The molecule has 2 unspecified atom stereocenters. The van der Waals surface area contributed by atoms with Crippen LogP contribution in [0.3, 0.4) is 0 Å². The molecule has 0 saturated heterocycles. The molecule has 1 aliphatic rings. The minimum atomic E-state index is -0.453. The van der Waals surface area contributed by atoms with Crippen LogP contribution in [0.4, 0.5) is 0 Å². The van der Waals surface area contributed by atoms with Gasteiger partial charge in [0.25, 0.3) is 11.8 Å². The molecule has 0 aliphatic carbocycles. The predicted molar refractivity (Wildman–Crippen MR) is 218 cm³/mol. The van der Waals surface area contributed by atoms with Crippen molar-refractivity contribution in [2.24, 2.45) is 17.6 Å². The maximum atomic E-state index is 13.3. The first-order valence-corrected chi connectivity index (χ1v) is 18.8. The lowest BCUT2D eigenvalue weighted by molar-refractivity contribution is 0.0533. The zero-order valence-corrected chi connectivity index (χ0v) is 31.3. The zero-order chi connectivity index (χ0) is 37.8. The number of amides is 2. The number of aromatic nitrogens is 2. The van der Waals surface area contributed by atoms with Gasteiger partial charge in [0.15, 0.2) is 0 Å². The summed E-state index contributed by atoms with van der Waals surface area (Å²) in [5.41, 5.74) is 15.8. The van der Waals surface area contributed by atoms with Gasteiger partial charge >= 0.3 is 0 Å². The molecule has 0 bridgehead atoms. The molecule has 5 aromatic carbocycles. The SMILES string of the molecule is CC(C)C(N)c1nc2ccccc2cc1Cc1ccccc1.CC(C)C(c1nc2ccccc2cc1Cc1ccccc1)N1C(=O)c2ccccc2C1=O. The van der Waals surface area contributed by atoms with E-state index < -0.39 is 6.04 Å². The smallest absolute Gasteiger partial charge is 0.262 e. The Morgan fingerprint density at radius 2 is 0.926 bits per heavy atom. The van der Waals surface area contributed by atoms with Crippen molar-refractivity contribution in [3.8, 4) is 0 Å². The second-order valence-electron chi connectivity index (χ2n) is 14.8. The molecular weight excluding hydrogens is 665 g/mol. The summed E-state index contributed by atoms with van der Waals surface area (Å²) in [5.74, 6) is -0.126. The van der Waals surface area contributed by atoms with E-state index in [4.69, 9.17) is 15.7 Å². The molecule has 0 radical (unpaired) electrons. The molecule has 0 fully saturated rings. The molecule has 2 amide bonds. The van der Waals surface area contributed by atoms with Crippen molar-refractivity contribution < 1.29 is 9.59 Å². The van der Waals surface area contributed by atoms with Crippen LogP contribution in [-0.2, 0) is 12.8 Å². The van der Waals surface area contributed by atoms with E-state index in [1.54, 1.807) is 24.3 Å². The van der Waals surface area contributed by atoms with Crippen molar-refractivity contribution >= 4 is 33.6 Å². The molecule has 6 nitrogen and oxygen atoms in total. The van der Waals surface area contributed by atoms with Crippen LogP contribution in [0, 0.1) is 11.8 Å². The Bertz CT molecular complexity index is 2390. The predicted octanol–water partition coefficient (Wildman–Crippen LogP) is 10.3. The molecule has 7 aromatic rings. The molecule has 54 heavy (non-hydrogen) atoms. The van der Waals surface area contributed by atoms with Gasteiger partial charge in [-0.1, -0.05) is 137 Å². The van der Waals surface area contributed by atoms with Gasteiger partial charge in [0.1, 0.15) is 0 Å². The fourth-order valence-electron chi connectivity index (χ4n) is 7.32. The van der Waals surface area contributed by atoms with Crippen LogP contribution >= 0.6 is 0 Å². The summed E-state index contributed by atoms with van der Waals surface area (Å²) in [5, 5.41) is 2.22. The summed E-state index contributed by atoms with van der Waals surface area (Å²) in [7, 11) is 0. The number of fused-ring (bicyclic) bond motifs is 3. The molecule has 0 spiro atoms. The van der Waals surface area contributed by atoms with Crippen molar-refractivity contribution in [3.63, 3.8) is 0 Å². The number of nitrogens with two attached hydrogens (primary N) is 1. The third-order valence-electron chi connectivity index (χ3n) is 10.2. The molecule has 8 rings (SSSR count). The van der Waals surface area contributed by atoms with E-state index in [0.29, 0.717) is 23.5 Å². The number of rotatable bonds is 9. The maximum Gasteiger partial charge on any atom is 0.262 e. The van der Waals surface area contributed by atoms with E-state index in [0.717, 1.165) is 45.4 Å². The second-order valence-corrected chi connectivity index (χ2v) is 14.8. The average molecular weight is 711 g/mol. The first kappa shape index (κ1) is 36.4. The van der Waals surface area contributed by atoms with E-state index >= 15 is 0 Å². The summed E-state index contributed by atoms with van der Waals surface area (Å²) in [6.07, 6.45) is 1.55. The lowest BCUT2D eigenvalue weighted by Crippen LogP contribution is -2.38. The number of carbonyl (C=O) groups excluding carboxylic acids is 2. The van der Waals surface area contributed by atoms with E-state index in [-0.39, 0.29) is 23.8 Å². The van der Waals surface area contributed by atoms with Gasteiger partial charge in [-0.3, -0.25) is 24.5 Å². The largest absolute Gasteiger partial charge is 0.322 e. The number of imide groups is 1. The van der Waals surface area contributed by atoms with Gasteiger partial charge < -0.3 is 5.73 Å². The average Bonchev–Trinajstić information content (AvgIpc) is 3.44. The fraction of sp³-hybridized carbons (Fsp3) is 0.208. The van der Waals surface area contributed by atoms with Gasteiger partial charge in [-0.2, -0.15) is 0 Å². The molecule has 6 heteroatoms. The highest BCUT2D eigenvalue weighted by Crippen LogP contribution is 2.38. The highest BCUT2D eigenvalue weighted by molar-refractivity contribution is 6.21. The van der Waals surface area contributed by atoms with Crippen LogP contribution in [-0.4, -0.2) is 26.7 Å². The topological polar surface area (TPSA) is 89.2 Å². The van der Waals surface area contributed by atoms with Gasteiger partial charge in [0, 0.05) is 16.8 Å². The molecule has 2 atom stereocenters. The summed E-state index contributed by atoms with van der Waals surface area (Å²) in [4.78, 5) is 38.0. The van der Waals surface area contributed by atoms with Gasteiger partial charge in [-0.05, 0) is 83.3 Å². The highest BCUT2D eigenvalue weighted by atomic mass is 16.2. The van der Waals surface area contributed by atoms with Crippen molar-refractivity contribution in [3.05, 3.63) is 190 Å². The van der Waals surface area contributed by atoms with E-state index in [1.165, 1.54) is 21.4 Å². The Labute approximate surface area is 317 Å². The van der Waals surface area contributed by atoms with Crippen molar-refractivity contribution in [1.82, 2.24) is 14.9 Å². The first-order chi connectivity index (χ1) is 26.2. The lowest BCUT2D eigenvalue weighted by atomic mass is 9.91. The van der Waals surface area contributed by atoms with Crippen molar-refractivity contribution in [1.29, 1.82) is 0 Å². The number of nitrogens with zero attached hydrogens (tertiary/aromatic N) is 3. The molecule has 270 valence electrons. The number of pyridine rings is 2. The van der Waals surface area contributed by atoms with E-state index in [2.05, 4.69) is 80.6 Å². The summed E-state index contributed by atoms with van der Waals surface area (Å²) >= 11 is 0. The van der Waals surface area contributed by atoms with Crippen molar-refractivity contribution in [2.45, 2.75) is 52.6 Å². The number of hydrogen-bond donors (Lipinski definition) is 1. The monoisotopic (exact) mass is 710 g/mol. The third-order valence-corrected chi connectivity index (χ3v) is 10.2. The van der Waals surface area contributed by atoms with Crippen LogP contribution in [0.5, 0.6) is 0 Å². The molecule has 3 heterocycles. The maximum absolute atomic E-state index is 13.3. The molecule has 0 saturated carbocycles. The summed E-state index contributed by atoms with van der Waals surface area (Å²) in [6, 6.07) is 47.9. The number of carbonyl (C=O) groups is 2. The molecule has 2 N–H and O–H groups in total. The van der Waals surface area contributed by atoms with Crippen molar-refractivity contribution in [2.75, 3.05) is 0 Å². The molecule has 2 aromatic heterocycles. The Kier molecular flexibility index (Phi) is 10.7. The van der Waals surface area contributed by atoms with E-state index in [1.807, 2.05) is 68.4 Å². The Hall–Kier alpha value is -5.98. The second kappa shape index (κ2) is 15.9. The Balaban J connectivity index is 0.000000179. The molecule has 1 aliphatic heterocycles. The molecular formula is C48H46N4O2. The lowest BCUT2D eigenvalue weighted by Gasteiger charge is -2.31. The number of benzene rings is 5. The van der Waals surface area contributed by atoms with Crippen LogP contribution in [0.2, 0.25) is 0 Å². The number of hydrogen-bond acceptors (Lipinski definition) is 5. The van der Waals surface area contributed by atoms with Gasteiger partial charge in [0.2, 0.25) is 0 Å². The van der Waals surface area contributed by atoms with Crippen LogP contribution in [0.1, 0.15) is 94.1 Å². The normalized spacial score (nSPS) is 13.6. The zero-order valence-electron chi connectivity index (χ0n) is 31.3. The summed E-state index contributed by atoms with van der Waals surface area (Å²) < 4.78 is 0. The Morgan fingerprint density at radius 1 is 0.519 bits per heavy atom. The van der Waals surface area contributed by atoms with Gasteiger partial charge in [-0.15, -0.1) is 0 Å². The highest BCUT2D eigenvalue weighted by Gasteiger charge is 2.42. The number of para-hydroxylation sites is 2. The van der Waals surface area contributed by atoms with E-state index in [9.17, 15) is 9.59 Å². The Morgan fingerprint density at radius 3 is 1.39 bits per heavy atom. The van der Waals surface area contributed by atoms with Crippen LogP contribution < -0.4 is 5.73 Å². The van der Waals surface area contributed by atoms with Crippen LogP contribution in [0.15, 0.2) is 146 Å². The summed E-state index contributed by atoms with van der Waals surface area (Å²) in [6.45, 7) is 8.37. The standard InChI is InChI=1S/C28H24N2O2.C20H22N2/c1-18(2)26(30-27(31)22-13-7-8-14-23(22)28(30)32)25-21(16-19-10-4-3-5-11-19)17-20-12-6-9-15-24(20)29-25;1-14(2)19(21)20-17(12-15-8-4-3-5-9-15)13-16-10-6-7-11-18(16)22-20/h3-15,17-18,26H,16H2,1-2H3;3-11,13-14,19H,12,21H2,1-2H3. The third kappa shape index (κ3) is 7.57. The van der Waals surface area contributed by atoms with Gasteiger partial charge in [0.05, 0.1) is 39.6 Å². The minimum absolute atomic E-state index is 0.000368. The first-order valence-electron chi connectivity index (χ1n) is 18.8. The van der Waals surface area contributed by atoms with Gasteiger partial charge in [-0.25, -0.2) is 0 Å². The fourth-order valence-corrected chi connectivity index (χ4v) is 7.32. The minimum Gasteiger partial charge on any atom is -0.322 e. The quantitative estimate of drug-likeness (QED) is 0.151.